The van der Waals surface area contributed by atoms with Crippen molar-refractivity contribution in [1.29, 1.82) is 0 Å². The summed E-state index contributed by atoms with van der Waals surface area (Å²) in [4.78, 5) is 49.2. The third-order valence-electron chi connectivity index (χ3n) is 7.60. The minimum Gasteiger partial charge on any atom is -0.494 e. The Morgan fingerprint density at radius 1 is 0.729 bits per heavy atom. The Labute approximate surface area is 283 Å². The molecule has 0 unspecified atom stereocenters. The van der Waals surface area contributed by atoms with Crippen LogP contribution in [0, 0.1) is 0 Å². The highest BCUT2D eigenvalue weighted by Gasteiger charge is 2.23. The lowest BCUT2D eigenvalue weighted by molar-refractivity contribution is -0.159. The number of nitrogens with zero attached hydrogens (tertiary/aromatic N) is 2. The highest BCUT2D eigenvalue weighted by atomic mass is 16.5. The van der Waals surface area contributed by atoms with Gasteiger partial charge in [-0.25, -0.2) is 14.4 Å². The van der Waals surface area contributed by atoms with Gasteiger partial charge < -0.3 is 33.9 Å². The van der Waals surface area contributed by atoms with E-state index in [1.54, 1.807) is 18.2 Å². The molecule has 0 saturated heterocycles. The van der Waals surface area contributed by atoms with Crippen molar-refractivity contribution in [3.05, 3.63) is 64.9 Å². The summed E-state index contributed by atoms with van der Waals surface area (Å²) < 4.78 is 17.6. The number of carbonyl (C=O) groups is 4. The first-order valence-electron chi connectivity index (χ1n) is 16.9. The number of furan rings is 1. The largest absolute Gasteiger partial charge is 0.494 e. The molecule has 0 spiro atoms. The molecule has 0 fully saturated rings. The van der Waals surface area contributed by atoms with Gasteiger partial charge in [0.2, 0.25) is 0 Å². The summed E-state index contributed by atoms with van der Waals surface area (Å²) in [5.74, 6) is -2.76. The maximum absolute atomic E-state index is 13.8. The van der Waals surface area contributed by atoms with E-state index in [-0.39, 0.29) is 5.78 Å². The number of ether oxygens (including phenoxy) is 2. The maximum Gasteiger partial charge on any atom is 0.414 e. The van der Waals surface area contributed by atoms with E-state index in [1.807, 2.05) is 43.3 Å². The van der Waals surface area contributed by atoms with Gasteiger partial charge in [-0.15, -0.1) is 0 Å². The summed E-state index contributed by atoms with van der Waals surface area (Å²) in [7, 11) is 3.86. The number of carboxylic acid groups (broad SMARTS) is 2. The molecule has 264 valence electrons. The van der Waals surface area contributed by atoms with E-state index in [9.17, 15) is 9.59 Å². The number of ketones is 1. The Hall–Kier alpha value is -4.22. The van der Waals surface area contributed by atoms with Gasteiger partial charge in [0.05, 0.1) is 17.7 Å². The molecule has 1 aromatic heterocycles. The number of aliphatic carboxylic acids is 2. The zero-order valence-corrected chi connectivity index (χ0v) is 29.1. The van der Waals surface area contributed by atoms with Crippen LogP contribution in [0.5, 0.6) is 5.75 Å². The number of hydrogen-bond acceptors (Lipinski definition) is 9. The van der Waals surface area contributed by atoms with E-state index in [0.717, 1.165) is 44.6 Å². The van der Waals surface area contributed by atoms with E-state index in [2.05, 4.69) is 25.7 Å². The number of rotatable bonds is 20. The Morgan fingerprint density at radius 2 is 1.31 bits per heavy atom. The highest BCUT2D eigenvalue weighted by Crippen LogP contribution is 2.31. The Morgan fingerprint density at radius 3 is 1.88 bits per heavy atom. The van der Waals surface area contributed by atoms with Gasteiger partial charge in [-0.1, -0.05) is 40.0 Å². The summed E-state index contributed by atoms with van der Waals surface area (Å²) >= 11 is 0. The summed E-state index contributed by atoms with van der Waals surface area (Å²) in [6.07, 6.45) is 8.39. The molecule has 2 aromatic carbocycles. The molecule has 0 radical (unpaired) electrons. The predicted octanol–water partition coefficient (Wildman–Crippen LogP) is 6.55. The first-order chi connectivity index (χ1) is 23.0. The number of aryl methyl sites for hydroxylation is 1. The van der Waals surface area contributed by atoms with Crippen LogP contribution >= 0.6 is 0 Å². The summed E-state index contributed by atoms with van der Waals surface area (Å²) in [5.41, 5.74) is 2.09. The molecule has 3 aromatic rings. The van der Waals surface area contributed by atoms with E-state index in [4.69, 9.17) is 33.7 Å². The fourth-order valence-electron chi connectivity index (χ4n) is 4.87. The van der Waals surface area contributed by atoms with Crippen LogP contribution in [0.2, 0.25) is 0 Å². The summed E-state index contributed by atoms with van der Waals surface area (Å²) in [5, 5.41) is 15.4. The molecular weight excluding hydrogens is 616 g/mol. The number of carbonyl (C=O) groups excluding carboxylic acids is 2. The van der Waals surface area contributed by atoms with Crippen molar-refractivity contribution in [2.75, 3.05) is 53.5 Å². The third kappa shape index (κ3) is 13.5. The molecule has 0 atom stereocenters. The minimum absolute atomic E-state index is 0.119. The molecule has 11 nitrogen and oxygen atoms in total. The number of benzene rings is 2. The van der Waals surface area contributed by atoms with E-state index >= 15 is 0 Å². The molecule has 0 aliphatic heterocycles. The normalized spacial score (nSPS) is 11.0. The molecule has 0 saturated carbocycles. The quantitative estimate of drug-likeness (QED) is 0.0585. The molecule has 0 aliphatic carbocycles. The Bertz CT molecular complexity index is 1430. The SMILES string of the molecule is CCCCc1oc2ccc(C(=O)OCCN(C)C)cc2c1C(=O)c1ccc(OCCCN(CCCC)CCCC)cc1.O=C(O)C(=O)O. The van der Waals surface area contributed by atoms with Crippen LogP contribution in [0.1, 0.15) is 97.8 Å². The monoisotopic (exact) mass is 668 g/mol. The smallest absolute Gasteiger partial charge is 0.414 e. The molecule has 48 heavy (non-hydrogen) atoms. The van der Waals surface area contributed by atoms with Crippen LogP contribution in [-0.4, -0.2) is 97.2 Å². The van der Waals surface area contributed by atoms with Crippen molar-refractivity contribution in [2.45, 2.75) is 72.1 Å². The maximum atomic E-state index is 13.8. The van der Waals surface area contributed by atoms with Gasteiger partial charge in [0.15, 0.2) is 5.78 Å². The van der Waals surface area contributed by atoms with Gasteiger partial charge in [-0.05, 0) is 95.3 Å². The van der Waals surface area contributed by atoms with Crippen LogP contribution in [0.25, 0.3) is 11.0 Å². The lowest BCUT2D eigenvalue weighted by atomic mass is 9.97. The minimum atomic E-state index is -1.82. The van der Waals surface area contributed by atoms with Crippen LogP contribution in [-0.2, 0) is 20.7 Å². The van der Waals surface area contributed by atoms with Gasteiger partial charge in [0.25, 0.3) is 0 Å². The first-order valence-corrected chi connectivity index (χ1v) is 16.9. The van der Waals surface area contributed by atoms with Crippen LogP contribution in [0.3, 0.4) is 0 Å². The molecule has 11 heteroatoms. The average molecular weight is 669 g/mol. The van der Waals surface area contributed by atoms with Crippen LogP contribution < -0.4 is 4.74 Å². The first kappa shape index (κ1) is 40.0. The predicted molar refractivity (Wildman–Crippen MR) is 185 cm³/mol. The number of fused-ring (bicyclic) bond motifs is 1. The number of unbranched alkanes of at least 4 members (excludes halogenated alkanes) is 3. The van der Waals surface area contributed by atoms with Crippen molar-refractivity contribution in [3.63, 3.8) is 0 Å². The Balaban J connectivity index is 0.00000122. The van der Waals surface area contributed by atoms with Gasteiger partial charge in [-0.3, -0.25) is 4.79 Å². The molecule has 0 amide bonds. The van der Waals surface area contributed by atoms with Crippen molar-refractivity contribution < 1.29 is 43.3 Å². The lowest BCUT2D eigenvalue weighted by Crippen LogP contribution is -2.28. The van der Waals surface area contributed by atoms with E-state index in [0.29, 0.717) is 59.6 Å². The number of carboxylic acids is 2. The summed E-state index contributed by atoms with van der Waals surface area (Å²) in [6, 6.07) is 12.5. The standard InChI is InChI=1S/C35H50N2O5.C2H2O4/c1-6-9-13-32-33(30-26-28(16-19-31(30)42-32)35(39)41-25-23-36(4)5)34(38)27-14-17-29(18-15-27)40-24-12-22-37(20-10-7-2)21-11-8-3;3-1(4)2(5)6/h14-19,26H,6-13,20-25H2,1-5H3;(H,3,4)(H,5,6). The second-order valence-corrected chi connectivity index (χ2v) is 11.9. The second kappa shape index (κ2) is 21.6. The molecule has 0 aliphatic rings. The number of esters is 1. The fraction of sp³-hybridized carbons (Fsp3) is 0.514. The van der Waals surface area contributed by atoms with Gasteiger partial charge in [0, 0.05) is 30.5 Å². The topological polar surface area (TPSA) is 147 Å². The van der Waals surface area contributed by atoms with E-state index in [1.165, 1.54) is 25.7 Å². The van der Waals surface area contributed by atoms with Crippen LogP contribution in [0.15, 0.2) is 46.9 Å². The van der Waals surface area contributed by atoms with Gasteiger partial charge in [-0.2, -0.15) is 0 Å². The van der Waals surface area contributed by atoms with Crippen molar-refractivity contribution in [1.82, 2.24) is 9.80 Å². The molecule has 0 bridgehead atoms. The fourth-order valence-corrected chi connectivity index (χ4v) is 4.87. The highest BCUT2D eigenvalue weighted by molar-refractivity contribution is 6.27. The zero-order chi connectivity index (χ0) is 35.5. The zero-order valence-electron chi connectivity index (χ0n) is 29.1. The molecule has 3 rings (SSSR count). The second-order valence-electron chi connectivity index (χ2n) is 11.9. The Kier molecular flexibility index (Phi) is 18.0. The van der Waals surface area contributed by atoms with Gasteiger partial charge in [0.1, 0.15) is 23.7 Å². The molecular formula is C37H52N2O9. The lowest BCUT2D eigenvalue weighted by Gasteiger charge is -2.21. The number of likely N-dealkylation sites (N-methyl/N-ethyl adjacent to an activating group) is 1. The molecule has 2 N–H and O–H groups in total. The van der Waals surface area contributed by atoms with E-state index < -0.39 is 17.9 Å². The van der Waals surface area contributed by atoms with Crippen molar-refractivity contribution >= 4 is 34.7 Å². The van der Waals surface area contributed by atoms with Crippen molar-refractivity contribution in [2.24, 2.45) is 0 Å². The average Bonchev–Trinajstić information content (AvgIpc) is 3.44. The summed E-state index contributed by atoms with van der Waals surface area (Å²) in [6.45, 7) is 11.5. The number of hydrogen-bond donors (Lipinski definition) is 2. The van der Waals surface area contributed by atoms with Crippen molar-refractivity contribution in [3.8, 4) is 5.75 Å². The van der Waals surface area contributed by atoms with Crippen LogP contribution in [0.4, 0.5) is 0 Å². The van der Waals surface area contributed by atoms with Gasteiger partial charge >= 0.3 is 17.9 Å². The molecule has 1 heterocycles. The third-order valence-corrected chi connectivity index (χ3v) is 7.60.